The first kappa shape index (κ1) is 16.0. The number of hydrogen-bond acceptors (Lipinski definition) is 6. The average molecular weight is 331 g/mol. The van der Waals surface area contributed by atoms with Crippen molar-refractivity contribution in [2.45, 2.75) is 19.4 Å². The van der Waals surface area contributed by atoms with Crippen LogP contribution in [0.2, 0.25) is 0 Å². The highest BCUT2D eigenvalue weighted by atomic mass is 32.1. The van der Waals surface area contributed by atoms with Crippen molar-refractivity contribution in [2.24, 2.45) is 5.92 Å². The van der Waals surface area contributed by atoms with Gasteiger partial charge in [0.1, 0.15) is 5.75 Å². The Bertz CT molecular complexity index is 661. The minimum absolute atomic E-state index is 0.117. The van der Waals surface area contributed by atoms with Gasteiger partial charge < -0.3 is 10.5 Å². The molecule has 23 heavy (non-hydrogen) atoms. The molecule has 5 nitrogen and oxygen atoms in total. The first-order valence-corrected chi connectivity index (χ1v) is 8.58. The highest BCUT2D eigenvalue weighted by molar-refractivity contribution is 7.15. The van der Waals surface area contributed by atoms with Crippen molar-refractivity contribution in [3.63, 3.8) is 0 Å². The Morgan fingerprint density at radius 1 is 1.35 bits per heavy atom. The van der Waals surface area contributed by atoms with Crippen LogP contribution in [0.25, 0.3) is 0 Å². The standard InChI is InChI=1S/C17H21N3O2S/c1-22-14-4-2-12(3-5-14)16(21)13-6-8-20(9-7-13)11-15-10-19-17(18)23-15/h2-5,10,13H,6-9,11H2,1H3,(H2,18,19). The first-order valence-electron chi connectivity index (χ1n) is 7.76. The molecule has 3 rings (SSSR count). The molecule has 1 fully saturated rings. The highest BCUT2D eigenvalue weighted by Gasteiger charge is 2.26. The van der Waals surface area contributed by atoms with Gasteiger partial charge in [0.15, 0.2) is 10.9 Å². The normalized spacial score (nSPS) is 16.4. The third-order valence-corrected chi connectivity index (χ3v) is 5.10. The molecular formula is C17H21N3O2S. The highest BCUT2D eigenvalue weighted by Crippen LogP contribution is 2.25. The molecule has 0 aliphatic carbocycles. The second kappa shape index (κ2) is 7.10. The average Bonchev–Trinajstić information content (AvgIpc) is 3.00. The number of ether oxygens (including phenoxy) is 1. The fraction of sp³-hybridized carbons (Fsp3) is 0.412. The van der Waals surface area contributed by atoms with E-state index in [9.17, 15) is 4.79 Å². The van der Waals surface area contributed by atoms with Crippen LogP contribution in [0.3, 0.4) is 0 Å². The summed E-state index contributed by atoms with van der Waals surface area (Å²) >= 11 is 1.54. The molecule has 0 spiro atoms. The summed E-state index contributed by atoms with van der Waals surface area (Å²) in [6.07, 6.45) is 3.65. The van der Waals surface area contributed by atoms with Crippen LogP contribution in [-0.2, 0) is 6.54 Å². The largest absolute Gasteiger partial charge is 0.497 e. The van der Waals surface area contributed by atoms with E-state index in [0.29, 0.717) is 5.13 Å². The van der Waals surface area contributed by atoms with Crippen molar-refractivity contribution in [1.82, 2.24) is 9.88 Å². The number of rotatable bonds is 5. The minimum Gasteiger partial charge on any atom is -0.497 e. The molecule has 0 radical (unpaired) electrons. The maximum Gasteiger partial charge on any atom is 0.180 e. The fourth-order valence-corrected chi connectivity index (χ4v) is 3.69. The molecule has 0 atom stereocenters. The number of anilines is 1. The third kappa shape index (κ3) is 3.89. The summed E-state index contributed by atoms with van der Waals surface area (Å²) in [7, 11) is 1.63. The summed E-state index contributed by atoms with van der Waals surface area (Å²) in [5.74, 6) is 1.14. The number of benzene rings is 1. The van der Waals surface area contributed by atoms with Gasteiger partial charge in [-0.05, 0) is 50.2 Å². The van der Waals surface area contributed by atoms with Crippen LogP contribution in [0.15, 0.2) is 30.5 Å². The predicted octanol–water partition coefficient (Wildman–Crippen LogP) is 2.83. The summed E-state index contributed by atoms with van der Waals surface area (Å²) < 4.78 is 5.14. The number of carbonyl (C=O) groups excluding carboxylic acids is 1. The Labute approximate surface area is 140 Å². The molecule has 0 unspecified atom stereocenters. The number of nitrogen functional groups attached to an aromatic ring is 1. The molecule has 2 N–H and O–H groups in total. The van der Waals surface area contributed by atoms with Gasteiger partial charge >= 0.3 is 0 Å². The summed E-state index contributed by atoms with van der Waals surface area (Å²) in [5.41, 5.74) is 6.44. The van der Waals surface area contributed by atoms with Crippen molar-refractivity contribution in [3.8, 4) is 5.75 Å². The first-order chi connectivity index (χ1) is 11.2. The van der Waals surface area contributed by atoms with Crippen molar-refractivity contribution >= 4 is 22.3 Å². The molecule has 1 aromatic carbocycles. The zero-order chi connectivity index (χ0) is 16.2. The van der Waals surface area contributed by atoms with Gasteiger partial charge in [-0.3, -0.25) is 9.69 Å². The van der Waals surface area contributed by atoms with Gasteiger partial charge in [-0.25, -0.2) is 4.98 Å². The lowest BCUT2D eigenvalue weighted by Gasteiger charge is -2.30. The van der Waals surface area contributed by atoms with Gasteiger partial charge in [0, 0.05) is 29.1 Å². The Hall–Kier alpha value is -1.92. The van der Waals surface area contributed by atoms with Crippen LogP contribution in [0.4, 0.5) is 5.13 Å². The zero-order valence-electron chi connectivity index (χ0n) is 13.2. The summed E-state index contributed by atoms with van der Waals surface area (Å²) in [5, 5.41) is 0.615. The lowest BCUT2D eigenvalue weighted by Crippen LogP contribution is -2.35. The number of Topliss-reactive ketones (excluding diaryl/α,β-unsaturated/α-hetero) is 1. The van der Waals surface area contributed by atoms with E-state index in [4.69, 9.17) is 10.5 Å². The molecule has 1 aromatic heterocycles. The molecule has 0 bridgehead atoms. The van der Waals surface area contributed by atoms with E-state index in [1.807, 2.05) is 30.5 Å². The van der Waals surface area contributed by atoms with Crippen molar-refractivity contribution in [3.05, 3.63) is 40.9 Å². The number of likely N-dealkylation sites (tertiary alicyclic amines) is 1. The number of aromatic nitrogens is 1. The number of ketones is 1. The maximum absolute atomic E-state index is 12.6. The Balaban J connectivity index is 1.54. The Morgan fingerprint density at radius 3 is 2.61 bits per heavy atom. The van der Waals surface area contributed by atoms with Crippen molar-refractivity contribution < 1.29 is 9.53 Å². The molecule has 1 saturated heterocycles. The van der Waals surface area contributed by atoms with Gasteiger partial charge in [-0.2, -0.15) is 0 Å². The smallest absolute Gasteiger partial charge is 0.180 e. The van der Waals surface area contributed by atoms with Crippen LogP contribution in [0.5, 0.6) is 5.75 Å². The van der Waals surface area contributed by atoms with E-state index in [-0.39, 0.29) is 11.7 Å². The van der Waals surface area contributed by atoms with Gasteiger partial charge in [0.2, 0.25) is 0 Å². The number of piperidine rings is 1. The van der Waals surface area contributed by atoms with Crippen LogP contribution in [0.1, 0.15) is 28.1 Å². The van der Waals surface area contributed by atoms with Gasteiger partial charge in [0.05, 0.1) is 7.11 Å². The number of hydrogen-bond donors (Lipinski definition) is 1. The Morgan fingerprint density at radius 2 is 2.04 bits per heavy atom. The number of nitrogens with two attached hydrogens (primary N) is 1. The zero-order valence-corrected chi connectivity index (χ0v) is 14.0. The molecule has 0 saturated carbocycles. The van der Waals surface area contributed by atoms with Gasteiger partial charge in [0.25, 0.3) is 0 Å². The van der Waals surface area contributed by atoms with E-state index in [0.717, 1.165) is 43.8 Å². The van der Waals surface area contributed by atoms with Crippen LogP contribution in [-0.4, -0.2) is 35.9 Å². The maximum atomic E-state index is 12.6. The van der Waals surface area contributed by atoms with E-state index in [1.54, 1.807) is 7.11 Å². The van der Waals surface area contributed by atoms with E-state index >= 15 is 0 Å². The molecule has 0 amide bonds. The van der Waals surface area contributed by atoms with E-state index < -0.39 is 0 Å². The van der Waals surface area contributed by atoms with Gasteiger partial charge in [-0.15, -0.1) is 11.3 Å². The quantitative estimate of drug-likeness (QED) is 0.853. The molecule has 1 aliphatic heterocycles. The number of nitrogens with zero attached hydrogens (tertiary/aromatic N) is 2. The SMILES string of the molecule is COc1ccc(C(=O)C2CCN(Cc3cnc(N)s3)CC2)cc1. The fourth-order valence-electron chi connectivity index (χ4n) is 2.96. The number of thiazole rings is 1. The van der Waals surface area contributed by atoms with Crippen molar-refractivity contribution in [2.75, 3.05) is 25.9 Å². The summed E-state index contributed by atoms with van der Waals surface area (Å²) in [6.45, 7) is 2.74. The third-order valence-electron chi connectivity index (χ3n) is 4.28. The summed E-state index contributed by atoms with van der Waals surface area (Å²) in [6, 6.07) is 7.40. The second-order valence-electron chi connectivity index (χ2n) is 5.81. The monoisotopic (exact) mass is 331 g/mol. The lowest BCUT2D eigenvalue weighted by molar-refractivity contribution is 0.0835. The topological polar surface area (TPSA) is 68.5 Å². The molecule has 2 aromatic rings. The van der Waals surface area contributed by atoms with Gasteiger partial charge in [-0.1, -0.05) is 0 Å². The number of carbonyl (C=O) groups is 1. The lowest BCUT2D eigenvalue weighted by atomic mass is 9.89. The molecular weight excluding hydrogens is 310 g/mol. The number of methoxy groups -OCH3 is 1. The molecule has 122 valence electrons. The minimum atomic E-state index is 0.117. The van der Waals surface area contributed by atoms with E-state index in [1.165, 1.54) is 16.2 Å². The molecule has 2 heterocycles. The molecule has 6 heteroatoms. The van der Waals surface area contributed by atoms with Crippen LogP contribution in [0, 0.1) is 5.92 Å². The second-order valence-corrected chi connectivity index (χ2v) is 6.95. The van der Waals surface area contributed by atoms with E-state index in [2.05, 4.69) is 9.88 Å². The van der Waals surface area contributed by atoms with Crippen LogP contribution < -0.4 is 10.5 Å². The predicted molar refractivity (Wildman–Crippen MR) is 91.9 cm³/mol. The van der Waals surface area contributed by atoms with Crippen molar-refractivity contribution in [1.29, 1.82) is 0 Å². The summed E-state index contributed by atoms with van der Waals surface area (Å²) in [4.78, 5) is 20.2. The van der Waals surface area contributed by atoms with Crippen LogP contribution >= 0.6 is 11.3 Å². The molecule has 1 aliphatic rings. The Kier molecular flexibility index (Phi) is 4.93.